The molecule has 5 rings (SSSR count). The second-order valence-corrected chi connectivity index (χ2v) is 7.93. The van der Waals surface area contributed by atoms with Gasteiger partial charge in [0.15, 0.2) is 5.82 Å². The van der Waals surface area contributed by atoms with E-state index in [-0.39, 0.29) is 11.6 Å². The van der Waals surface area contributed by atoms with E-state index in [4.69, 9.17) is 17.3 Å². The highest BCUT2D eigenvalue weighted by Crippen LogP contribution is 2.30. The molecule has 148 valence electrons. The molecule has 1 aliphatic heterocycles. The zero-order valence-corrected chi connectivity index (χ0v) is 16.7. The second-order valence-electron chi connectivity index (χ2n) is 6.62. The molecule has 1 aromatic carbocycles. The third-order valence-electron chi connectivity index (χ3n) is 4.82. The van der Waals surface area contributed by atoms with Crippen LogP contribution in [0.3, 0.4) is 0 Å². The average Bonchev–Trinajstić information content (AvgIpc) is 3.30. The van der Waals surface area contributed by atoms with Crippen molar-refractivity contribution in [3.8, 4) is 11.3 Å². The van der Waals surface area contributed by atoms with Gasteiger partial charge in [-0.1, -0.05) is 22.9 Å². The lowest BCUT2D eigenvalue weighted by molar-refractivity contribution is 0.628. The zero-order chi connectivity index (χ0) is 20.0. The van der Waals surface area contributed by atoms with Crippen LogP contribution in [0.4, 0.5) is 21.2 Å². The van der Waals surface area contributed by atoms with Crippen molar-refractivity contribution in [2.24, 2.45) is 0 Å². The molecule has 1 fully saturated rings. The van der Waals surface area contributed by atoms with Crippen molar-refractivity contribution in [1.29, 1.82) is 0 Å². The summed E-state index contributed by atoms with van der Waals surface area (Å²) in [5, 5.41) is 5.96. The molecule has 4 heterocycles. The molecule has 0 amide bonds. The summed E-state index contributed by atoms with van der Waals surface area (Å²) in [6, 6.07) is 6.29. The molecule has 8 nitrogen and oxygen atoms in total. The number of nitrogens with two attached hydrogens (primary N) is 1. The molecular formula is C18H16ClFN8S. The normalized spacial score (nSPS) is 14.7. The summed E-state index contributed by atoms with van der Waals surface area (Å²) in [5.74, 6) is 0.689. The van der Waals surface area contributed by atoms with E-state index in [0.717, 1.165) is 47.5 Å². The van der Waals surface area contributed by atoms with Crippen LogP contribution < -0.4 is 15.5 Å². The Morgan fingerprint density at radius 1 is 1.03 bits per heavy atom. The Hall–Kier alpha value is -2.98. The summed E-state index contributed by atoms with van der Waals surface area (Å²) in [6.45, 7) is 3.06. The minimum atomic E-state index is -0.264. The van der Waals surface area contributed by atoms with Crippen molar-refractivity contribution in [2.45, 2.75) is 0 Å². The molecule has 0 aliphatic carbocycles. The Kier molecular flexibility index (Phi) is 4.44. The fraction of sp³-hybridized carbons (Fsp3) is 0.222. The summed E-state index contributed by atoms with van der Waals surface area (Å²) in [5.41, 5.74) is 7.42. The molecule has 0 saturated carbocycles. The number of piperazine rings is 1. The van der Waals surface area contributed by atoms with Crippen LogP contribution in [0, 0.1) is 5.82 Å². The van der Waals surface area contributed by atoms with Gasteiger partial charge in [0.05, 0.1) is 11.9 Å². The molecule has 29 heavy (non-hydrogen) atoms. The Balaban J connectivity index is 1.31. The lowest BCUT2D eigenvalue weighted by atomic mass is 10.2. The van der Waals surface area contributed by atoms with Crippen molar-refractivity contribution in [2.75, 3.05) is 41.7 Å². The van der Waals surface area contributed by atoms with Gasteiger partial charge in [-0.05, 0) is 24.3 Å². The Morgan fingerprint density at radius 2 is 1.76 bits per heavy atom. The Morgan fingerprint density at radius 3 is 2.48 bits per heavy atom. The number of hydrogen-bond donors (Lipinski definition) is 1. The van der Waals surface area contributed by atoms with Crippen LogP contribution in [0.25, 0.3) is 16.2 Å². The highest BCUT2D eigenvalue weighted by molar-refractivity contribution is 7.20. The van der Waals surface area contributed by atoms with Gasteiger partial charge in [0.25, 0.3) is 0 Å². The van der Waals surface area contributed by atoms with Gasteiger partial charge in [0.1, 0.15) is 23.0 Å². The van der Waals surface area contributed by atoms with E-state index < -0.39 is 0 Å². The first-order valence-corrected chi connectivity index (χ1v) is 10.2. The van der Waals surface area contributed by atoms with Gasteiger partial charge in [-0.3, -0.25) is 0 Å². The number of hydrogen-bond acceptors (Lipinski definition) is 8. The van der Waals surface area contributed by atoms with E-state index in [2.05, 4.69) is 29.9 Å². The number of nitrogen functional groups attached to an aromatic ring is 1. The molecular weight excluding hydrogens is 415 g/mol. The molecule has 0 spiro atoms. The number of aromatic nitrogens is 5. The quantitative estimate of drug-likeness (QED) is 0.534. The number of rotatable bonds is 3. The van der Waals surface area contributed by atoms with E-state index >= 15 is 0 Å². The lowest BCUT2D eigenvalue weighted by Crippen LogP contribution is -2.47. The summed E-state index contributed by atoms with van der Waals surface area (Å²) in [7, 11) is 0. The number of fused-ring (bicyclic) bond motifs is 1. The van der Waals surface area contributed by atoms with E-state index in [1.807, 2.05) is 6.20 Å². The summed E-state index contributed by atoms with van der Waals surface area (Å²) in [6.07, 6.45) is 3.29. The van der Waals surface area contributed by atoms with Crippen molar-refractivity contribution in [1.82, 2.24) is 24.6 Å². The average molecular weight is 431 g/mol. The fourth-order valence-corrected chi connectivity index (χ4v) is 4.43. The monoisotopic (exact) mass is 430 g/mol. The highest BCUT2D eigenvalue weighted by Gasteiger charge is 2.23. The van der Waals surface area contributed by atoms with Gasteiger partial charge in [0.2, 0.25) is 10.1 Å². The Labute approximate surface area is 174 Å². The van der Waals surface area contributed by atoms with Crippen molar-refractivity contribution < 1.29 is 4.39 Å². The van der Waals surface area contributed by atoms with Crippen LogP contribution in [0.1, 0.15) is 0 Å². The second kappa shape index (κ2) is 7.12. The van der Waals surface area contributed by atoms with Crippen molar-refractivity contribution >= 4 is 44.7 Å². The molecule has 2 N–H and O–H groups in total. The predicted octanol–water partition coefficient (Wildman–Crippen LogP) is 2.95. The molecule has 0 radical (unpaired) electrons. The van der Waals surface area contributed by atoms with Crippen molar-refractivity contribution in [3.63, 3.8) is 0 Å². The van der Waals surface area contributed by atoms with Gasteiger partial charge < -0.3 is 15.5 Å². The predicted molar refractivity (Wildman–Crippen MR) is 112 cm³/mol. The van der Waals surface area contributed by atoms with E-state index in [9.17, 15) is 4.39 Å². The summed E-state index contributed by atoms with van der Waals surface area (Å²) >= 11 is 7.77. The minimum absolute atomic E-state index is 0.264. The molecule has 1 aliphatic rings. The number of anilines is 3. The molecule has 1 saturated heterocycles. The van der Waals surface area contributed by atoms with Crippen LogP contribution in [-0.4, -0.2) is 50.7 Å². The fourth-order valence-electron chi connectivity index (χ4n) is 3.28. The number of imidazole rings is 1. The van der Waals surface area contributed by atoms with Crippen LogP contribution in [0.5, 0.6) is 0 Å². The van der Waals surface area contributed by atoms with Crippen LogP contribution in [-0.2, 0) is 0 Å². The lowest BCUT2D eigenvalue weighted by Gasteiger charge is -2.35. The molecule has 3 aromatic heterocycles. The number of benzene rings is 1. The largest absolute Gasteiger partial charge is 0.382 e. The molecule has 0 bridgehead atoms. The van der Waals surface area contributed by atoms with Crippen LogP contribution >= 0.6 is 22.9 Å². The maximum absolute atomic E-state index is 13.1. The summed E-state index contributed by atoms with van der Waals surface area (Å²) < 4.78 is 14.9. The van der Waals surface area contributed by atoms with Gasteiger partial charge in [-0.15, -0.1) is 5.10 Å². The maximum Gasteiger partial charge on any atom is 0.214 e. The molecule has 0 unspecified atom stereocenters. The minimum Gasteiger partial charge on any atom is -0.382 e. The standard InChI is InChI=1S/C18H16ClFN8S/c19-14-15(21)22-10-23-16(14)26-5-7-27(8-6-26)18-25-28-9-13(24-17(28)29-18)11-1-3-12(20)4-2-11/h1-4,9-10H,5-8H2,(H2,21,22,23). The topological polar surface area (TPSA) is 88.5 Å². The molecule has 11 heteroatoms. The van der Waals surface area contributed by atoms with Gasteiger partial charge in [-0.2, -0.15) is 0 Å². The number of halogens is 2. The Bertz CT molecular complexity index is 1140. The van der Waals surface area contributed by atoms with Crippen LogP contribution in [0.2, 0.25) is 5.02 Å². The molecule has 4 aromatic rings. The molecule has 0 atom stereocenters. The highest BCUT2D eigenvalue weighted by atomic mass is 35.5. The third-order valence-corrected chi connectivity index (χ3v) is 6.17. The first-order valence-electron chi connectivity index (χ1n) is 8.96. The van der Waals surface area contributed by atoms with Gasteiger partial charge in [0, 0.05) is 31.7 Å². The number of nitrogens with zero attached hydrogens (tertiary/aromatic N) is 7. The van der Waals surface area contributed by atoms with Gasteiger partial charge in [-0.25, -0.2) is 23.9 Å². The van der Waals surface area contributed by atoms with E-state index in [0.29, 0.717) is 10.8 Å². The smallest absolute Gasteiger partial charge is 0.214 e. The third kappa shape index (κ3) is 3.34. The van der Waals surface area contributed by atoms with E-state index in [1.165, 1.54) is 29.8 Å². The van der Waals surface area contributed by atoms with Crippen molar-refractivity contribution in [3.05, 3.63) is 47.6 Å². The SMILES string of the molecule is Nc1ncnc(N2CCN(c3nn4cc(-c5ccc(F)cc5)nc4s3)CC2)c1Cl. The van der Waals surface area contributed by atoms with Gasteiger partial charge >= 0.3 is 0 Å². The summed E-state index contributed by atoms with van der Waals surface area (Å²) in [4.78, 5) is 17.9. The van der Waals surface area contributed by atoms with Crippen LogP contribution in [0.15, 0.2) is 36.8 Å². The van der Waals surface area contributed by atoms with E-state index in [1.54, 1.807) is 16.6 Å². The first kappa shape index (κ1) is 18.1. The zero-order valence-electron chi connectivity index (χ0n) is 15.2. The maximum atomic E-state index is 13.1. The first-order chi connectivity index (χ1) is 14.1.